The predicted octanol–water partition coefficient (Wildman–Crippen LogP) is 1.73. The number of aryl methyl sites for hydroxylation is 1. The molecule has 2 aromatic heterocycles. The summed E-state index contributed by atoms with van der Waals surface area (Å²) in [4.78, 5) is 20.5. The Hall–Kier alpha value is -2.35. The van der Waals surface area contributed by atoms with Crippen LogP contribution >= 0.6 is 0 Å². The molecule has 3 rings (SSSR count). The van der Waals surface area contributed by atoms with Gasteiger partial charge in [0.15, 0.2) is 0 Å². The Morgan fingerprint density at radius 1 is 1.48 bits per heavy atom. The SMILES string of the molecule is Cc1cc(C(=O)N[C@@H]2COCC(F)(F)C2)nc(-n2ccnc2)c1. The maximum atomic E-state index is 13.3. The van der Waals surface area contributed by atoms with Crippen molar-refractivity contribution in [2.45, 2.75) is 25.3 Å². The van der Waals surface area contributed by atoms with E-state index in [1.54, 1.807) is 35.4 Å². The van der Waals surface area contributed by atoms with E-state index in [1.165, 1.54) is 0 Å². The summed E-state index contributed by atoms with van der Waals surface area (Å²) in [6.07, 6.45) is 4.45. The second-order valence-electron chi connectivity index (χ2n) is 5.60. The number of alkyl halides is 2. The Kier molecular flexibility index (Phi) is 4.08. The summed E-state index contributed by atoms with van der Waals surface area (Å²) in [6, 6.07) is 2.68. The Labute approximate surface area is 131 Å². The first-order chi connectivity index (χ1) is 10.9. The monoisotopic (exact) mass is 322 g/mol. The summed E-state index contributed by atoms with van der Waals surface area (Å²) >= 11 is 0. The maximum absolute atomic E-state index is 13.3. The lowest BCUT2D eigenvalue weighted by Gasteiger charge is -2.29. The molecule has 8 heteroatoms. The van der Waals surface area contributed by atoms with Crippen molar-refractivity contribution in [3.8, 4) is 5.82 Å². The molecule has 0 spiro atoms. The summed E-state index contributed by atoms with van der Waals surface area (Å²) in [5.41, 5.74) is 1.00. The average molecular weight is 322 g/mol. The van der Waals surface area contributed by atoms with Crippen LogP contribution in [0.3, 0.4) is 0 Å². The molecule has 122 valence electrons. The fraction of sp³-hybridized carbons (Fsp3) is 0.400. The van der Waals surface area contributed by atoms with Gasteiger partial charge in [-0.2, -0.15) is 0 Å². The Bertz CT molecular complexity index is 704. The van der Waals surface area contributed by atoms with Gasteiger partial charge in [0.05, 0.1) is 12.6 Å². The van der Waals surface area contributed by atoms with Crippen molar-refractivity contribution in [1.29, 1.82) is 0 Å². The fourth-order valence-electron chi connectivity index (χ4n) is 2.47. The summed E-state index contributed by atoms with van der Waals surface area (Å²) in [5.74, 6) is -2.88. The third-order valence-corrected chi connectivity index (χ3v) is 3.47. The zero-order chi connectivity index (χ0) is 16.4. The molecule has 1 saturated heterocycles. The highest BCUT2D eigenvalue weighted by Gasteiger charge is 2.38. The summed E-state index contributed by atoms with van der Waals surface area (Å²) in [5, 5.41) is 2.56. The van der Waals surface area contributed by atoms with Crippen LogP contribution in [0.2, 0.25) is 0 Å². The predicted molar refractivity (Wildman–Crippen MR) is 77.7 cm³/mol. The van der Waals surface area contributed by atoms with Gasteiger partial charge in [-0.3, -0.25) is 9.36 Å². The molecule has 3 heterocycles. The highest BCUT2D eigenvalue weighted by atomic mass is 19.3. The molecule has 0 saturated carbocycles. The lowest BCUT2D eigenvalue weighted by molar-refractivity contribution is -0.124. The van der Waals surface area contributed by atoms with E-state index in [0.29, 0.717) is 5.82 Å². The van der Waals surface area contributed by atoms with Crippen molar-refractivity contribution in [2.75, 3.05) is 13.2 Å². The Morgan fingerprint density at radius 2 is 2.30 bits per heavy atom. The van der Waals surface area contributed by atoms with E-state index in [1.807, 2.05) is 6.92 Å². The van der Waals surface area contributed by atoms with Crippen molar-refractivity contribution in [3.05, 3.63) is 42.1 Å². The molecule has 1 fully saturated rings. The molecular formula is C15H16F2N4O2. The lowest BCUT2D eigenvalue weighted by Crippen LogP contribution is -2.47. The van der Waals surface area contributed by atoms with Crippen LogP contribution in [-0.4, -0.2) is 45.6 Å². The van der Waals surface area contributed by atoms with Crippen LogP contribution in [0.5, 0.6) is 0 Å². The van der Waals surface area contributed by atoms with Gasteiger partial charge in [-0.1, -0.05) is 0 Å². The number of hydrogen-bond donors (Lipinski definition) is 1. The first kappa shape index (κ1) is 15.5. The zero-order valence-electron chi connectivity index (χ0n) is 12.5. The van der Waals surface area contributed by atoms with Crippen LogP contribution in [-0.2, 0) is 4.74 Å². The normalized spacial score (nSPS) is 20.2. The van der Waals surface area contributed by atoms with Crippen molar-refractivity contribution < 1.29 is 18.3 Å². The van der Waals surface area contributed by atoms with Gasteiger partial charge in [0.1, 0.15) is 24.4 Å². The molecule has 1 aliphatic heterocycles. The van der Waals surface area contributed by atoms with Crippen LogP contribution in [0, 0.1) is 6.92 Å². The first-order valence-electron chi connectivity index (χ1n) is 7.16. The van der Waals surface area contributed by atoms with Crippen LogP contribution in [0.1, 0.15) is 22.5 Å². The molecule has 0 bridgehead atoms. The standard InChI is InChI=1S/C15H16F2N4O2/c1-10-4-12(20-13(5-10)21-3-2-18-9-21)14(22)19-11-6-15(16,17)8-23-7-11/h2-5,9,11H,6-8H2,1H3,(H,19,22)/t11-/m0/s1. The van der Waals surface area contributed by atoms with Gasteiger partial charge in [-0.25, -0.2) is 18.7 Å². The van der Waals surface area contributed by atoms with Crippen molar-refractivity contribution in [1.82, 2.24) is 19.9 Å². The van der Waals surface area contributed by atoms with E-state index in [9.17, 15) is 13.6 Å². The zero-order valence-corrected chi connectivity index (χ0v) is 12.5. The van der Waals surface area contributed by atoms with E-state index in [0.717, 1.165) is 5.56 Å². The quantitative estimate of drug-likeness (QED) is 0.934. The smallest absolute Gasteiger partial charge is 0.273 e. The van der Waals surface area contributed by atoms with Gasteiger partial charge in [0.25, 0.3) is 11.8 Å². The molecular weight excluding hydrogens is 306 g/mol. The fourth-order valence-corrected chi connectivity index (χ4v) is 2.47. The topological polar surface area (TPSA) is 69.0 Å². The Morgan fingerprint density at radius 3 is 3.00 bits per heavy atom. The number of nitrogens with zero attached hydrogens (tertiary/aromatic N) is 3. The molecule has 23 heavy (non-hydrogen) atoms. The number of aromatic nitrogens is 3. The van der Waals surface area contributed by atoms with Gasteiger partial charge < -0.3 is 10.1 Å². The summed E-state index contributed by atoms with van der Waals surface area (Å²) < 4.78 is 33.1. The highest BCUT2D eigenvalue weighted by Crippen LogP contribution is 2.25. The molecule has 6 nitrogen and oxygen atoms in total. The van der Waals surface area contributed by atoms with Gasteiger partial charge in [-0.05, 0) is 24.6 Å². The van der Waals surface area contributed by atoms with Gasteiger partial charge in [-0.15, -0.1) is 0 Å². The van der Waals surface area contributed by atoms with Gasteiger partial charge in [0, 0.05) is 18.8 Å². The minimum atomic E-state index is -2.92. The number of carbonyl (C=O) groups is 1. The van der Waals surface area contributed by atoms with E-state index in [-0.39, 0.29) is 12.3 Å². The largest absolute Gasteiger partial charge is 0.373 e. The number of carbonyl (C=O) groups excluding carboxylic acids is 1. The molecule has 2 aromatic rings. The number of hydrogen-bond acceptors (Lipinski definition) is 4. The molecule has 0 unspecified atom stereocenters. The number of nitrogens with one attached hydrogen (secondary N) is 1. The molecule has 1 N–H and O–H groups in total. The van der Waals surface area contributed by atoms with Crippen molar-refractivity contribution >= 4 is 5.91 Å². The van der Waals surface area contributed by atoms with Crippen molar-refractivity contribution in [2.24, 2.45) is 0 Å². The first-order valence-corrected chi connectivity index (χ1v) is 7.16. The number of halogens is 2. The molecule has 0 radical (unpaired) electrons. The van der Waals surface area contributed by atoms with E-state index >= 15 is 0 Å². The third-order valence-electron chi connectivity index (χ3n) is 3.47. The minimum absolute atomic E-state index is 0.0710. The number of pyridine rings is 1. The number of ether oxygens (including phenoxy) is 1. The Balaban J connectivity index is 1.77. The molecule has 0 aliphatic carbocycles. The van der Waals surface area contributed by atoms with Crippen LogP contribution < -0.4 is 5.32 Å². The third kappa shape index (κ3) is 3.70. The number of amides is 1. The second-order valence-corrected chi connectivity index (χ2v) is 5.60. The van der Waals surface area contributed by atoms with Crippen LogP contribution in [0.4, 0.5) is 8.78 Å². The van der Waals surface area contributed by atoms with Gasteiger partial charge >= 0.3 is 0 Å². The van der Waals surface area contributed by atoms with Crippen molar-refractivity contribution in [3.63, 3.8) is 0 Å². The molecule has 1 aliphatic rings. The molecule has 1 amide bonds. The summed E-state index contributed by atoms with van der Waals surface area (Å²) in [7, 11) is 0. The van der Waals surface area contributed by atoms with E-state index in [2.05, 4.69) is 15.3 Å². The number of imidazole rings is 1. The minimum Gasteiger partial charge on any atom is -0.373 e. The number of rotatable bonds is 3. The molecule has 1 atom stereocenters. The van der Waals surface area contributed by atoms with E-state index < -0.39 is 30.9 Å². The van der Waals surface area contributed by atoms with Crippen LogP contribution in [0.15, 0.2) is 30.9 Å². The highest BCUT2D eigenvalue weighted by molar-refractivity contribution is 5.92. The average Bonchev–Trinajstić information content (AvgIpc) is 2.99. The second kappa shape index (κ2) is 6.04. The summed E-state index contributed by atoms with van der Waals surface area (Å²) in [6.45, 7) is 1.30. The maximum Gasteiger partial charge on any atom is 0.273 e. The van der Waals surface area contributed by atoms with Crippen LogP contribution in [0.25, 0.3) is 5.82 Å². The van der Waals surface area contributed by atoms with Gasteiger partial charge in [0.2, 0.25) is 0 Å². The molecule has 0 aromatic carbocycles. The lowest BCUT2D eigenvalue weighted by atomic mass is 10.1. The van der Waals surface area contributed by atoms with E-state index in [4.69, 9.17) is 4.74 Å².